The molecule has 0 saturated heterocycles. The summed E-state index contributed by atoms with van der Waals surface area (Å²) in [7, 11) is 1.72. The van der Waals surface area contributed by atoms with Crippen LogP contribution in [-0.2, 0) is 12.3 Å². The standard InChI is InChI=1S/C16H27NO2S/c1-4-7-17-9-14-5-6-16(19-3)15(8-14)12-20-11-13(2)10-18/h5-6,8,13,17-18H,4,7,9-12H2,1-3H3. The van der Waals surface area contributed by atoms with Gasteiger partial charge in [-0.15, -0.1) is 0 Å². The van der Waals surface area contributed by atoms with Gasteiger partial charge >= 0.3 is 0 Å². The number of nitrogens with one attached hydrogen (secondary N) is 1. The Morgan fingerprint density at radius 3 is 2.85 bits per heavy atom. The Morgan fingerprint density at radius 1 is 1.40 bits per heavy atom. The second kappa shape index (κ2) is 10.1. The number of rotatable bonds is 10. The first-order valence-corrected chi connectivity index (χ1v) is 8.41. The molecule has 1 rings (SSSR count). The Labute approximate surface area is 127 Å². The fourth-order valence-corrected chi connectivity index (χ4v) is 2.96. The molecule has 0 radical (unpaired) electrons. The molecule has 0 heterocycles. The van der Waals surface area contributed by atoms with Gasteiger partial charge < -0.3 is 15.2 Å². The maximum atomic E-state index is 9.05. The van der Waals surface area contributed by atoms with E-state index in [9.17, 15) is 0 Å². The van der Waals surface area contributed by atoms with E-state index in [2.05, 4.69) is 31.3 Å². The summed E-state index contributed by atoms with van der Waals surface area (Å²) in [6.45, 7) is 6.44. The molecule has 1 aromatic rings. The van der Waals surface area contributed by atoms with Gasteiger partial charge in [0.2, 0.25) is 0 Å². The first-order valence-electron chi connectivity index (χ1n) is 7.26. The third-order valence-corrected chi connectivity index (χ3v) is 4.39. The molecule has 4 heteroatoms. The highest BCUT2D eigenvalue weighted by Gasteiger charge is 2.06. The molecule has 1 aromatic carbocycles. The van der Waals surface area contributed by atoms with Crippen molar-refractivity contribution in [3.05, 3.63) is 29.3 Å². The lowest BCUT2D eigenvalue weighted by Gasteiger charge is -2.12. The molecule has 1 unspecified atom stereocenters. The maximum Gasteiger partial charge on any atom is 0.122 e. The first-order chi connectivity index (χ1) is 9.71. The summed E-state index contributed by atoms with van der Waals surface area (Å²) in [5.74, 6) is 3.20. The van der Waals surface area contributed by atoms with Crippen LogP contribution in [-0.4, -0.2) is 31.1 Å². The van der Waals surface area contributed by atoms with E-state index in [4.69, 9.17) is 9.84 Å². The predicted octanol–water partition coefficient (Wildman–Crippen LogP) is 3.06. The van der Waals surface area contributed by atoms with Gasteiger partial charge in [-0.2, -0.15) is 11.8 Å². The van der Waals surface area contributed by atoms with Crippen LogP contribution < -0.4 is 10.1 Å². The van der Waals surface area contributed by atoms with E-state index >= 15 is 0 Å². The van der Waals surface area contributed by atoms with Gasteiger partial charge in [0.25, 0.3) is 0 Å². The Hall–Kier alpha value is -0.710. The van der Waals surface area contributed by atoms with Crippen LogP contribution in [0.25, 0.3) is 0 Å². The molecule has 0 aromatic heterocycles. The minimum Gasteiger partial charge on any atom is -0.496 e. The van der Waals surface area contributed by atoms with E-state index in [1.54, 1.807) is 7.11 Å². The lowest BCUT2D eigenvalue weighted by Crippen LogP contribution is -2.14. The van der Waals surface area contributed by atoms with Gasteiger partial charge in [-0.05, 0) is 42.3 Å². The van der Waals surface area contributed by atoms with Gasteiger partial charge in [-0.3, -0.25) is 0 Å². The zero-order valence-electron chi connectivity index (χ0n) is 12.8. The topological polar surface area (TPSA) is 41.5 Å². The average Bonchev–Trinajstić information content (AvgIpc) is 2.47. The van der Waals surface area contributed by atoms with Crippen LogP contribution in [0.1, 0.15) is 31.4 Å². The van der Waals surface area contributed by atoms with Gasteiger partial charge in [-0.1, -0.05) is 19.9 Å². The fourth-order valence-electron chi connectivity index (χ4n) is 1.89. The van der Waals surface area contributed by atoms with E-state index in [1.807, 2.05) is 17.8 Å². The van der Waals surface area contributed by atoms with Crippen LogP contribution in [0.5, 0.6) is 5.75 Å². The van der Waals surface area contributed by atoms with Crippen molar-refractivity contribution in [2.24, 2.45) is 5.92 Å². The summed E-state index contributed by atoms with van der Waals surface area (Å²) in [6.07, 6.45) is 1.15. The van der Waals surface area contributed by atoms with Crippen LogP contribution in [0.15, 0.2) is 18.2 Å². The predicted molar refractivity (Wildman–Crippen MR) is 87.4 cm³/mol. The molecule has 0 bridgehead atoms. The summed E-state index contributed by atoms with van der Waals surface area (Å²) < 4.78 is 5.43. The number of hydrogen-bond acceptors (Lipinski definition) is 4. The fraction of sp³-hybridized carbons (Fsp3) is 0.625. The lowest BCUT2D eigenvalue weighted by molar-refractivity contribution is 0.250. The van der Waals surface area contributed by atoms with Gasteiger partial charge in [0.15, 0.2) is 0 Å². The normalized spacial score (nSPS) is 12.4. The summed E-state index contributed by atoms with van der Waals surface area (Å²) in [5.41, 5.74) is 2.53. The van der Waals surface area contributed by atoms with Gasteiger partial charge in [0.1, 0.15) is 5.75 Å². The molecule has 0 aliphatic heterocycles. The van der Waals surface area contributed by atoms with Crippen LogP contribution in [0.4, 0.5) is 0 Å². The van der Waals surface area contributed by atoms with Gasteiger partial charge in [0.05, 0.1) is 7.11 Å². The zero-order valence-corrected chi connectivity index (χ0v) is 13.6. The number of aliphatic hydroxyl groups is 1. The van der Waals surface area contributed by atoms with Crippen molar-refractivity contribution in [1.82, 2.24) is 5.32 Å². The Kier molecular flexibility index (Phi) is 8.74. The smallest absolute Gasteiger partial charge is 0.122 e. The average molecular weight is 297 g/mol. The second-order valence-corrected chi connectivity index (χ2v) is 6.16. The number of aliphatic hydroxyl groups excluding tert-OH is 1. The highest BCUT2D eigenvalue weighted by molar-refractivity contribution is 7.98. The van der Waals surface area contributed by atoms with Gasteiger partial charge in [-0.25, -0.2) is 0 Å². The largest absolute Gasteiger partial charge is 0.496 e. The van der Waals surface area contributed by atoms with Crippen molar-refractivity contribution in [2.75, 3.05) is 26.0 Å². The van der Waals surface area contributed by atoms with Crippen LogP contribution in [0.3, 0.4) is 0 Å². The molecule has 0 fully saturated rings. The van der Waals surface area contributed by atoms with E-state index in [0.29, 0.717) is 5.92 Å². The van der Waals surface area contributed by atoms with Gasteiger partial charge in [0, 0.05) is 24.5 Å². The summed E-state index contributed by atoms with van der Waals surface area (Å²) >= 11 is 1.85. The Balaban J connectivity index is 2.58. The molecule has 0 saturated carbocycles. The zero-order chi connectivity index (χ0) is 14.8. The van der Waals surface area contributed by atoms with Crippen molar-refractivity contribution in [1.29, 1.82) is 0 Å². The third kappa shape index (κ3) is 6.16. The molecule has 1 atom stereocenters. The first kappa shape index (κ1) is 17.3. The molecule has 0 aliphatic carbocycles. The maximum absolute atomic E-state index is 9.05. The number of benzene rings is 1. The highest BCUT2D eigenvalue weighted by Crippen LogP contribution is 2.25. The minimum absolute atomic E-state index is 0.255. The SMILES string of the molecule is CCCNCc1ccc(OC)c(CSCC(C)CO)c1. The quantitative estimate of drug-likeness (QED) is 0.651. The summed E-state index contributed by atoms with van der Waals surface area (Å²) in [4.78, 5) is 0. The van der Waals surface area contributed by atoms with Crippen molar-refractivity contribution in [2.45, 2.75) is 32.6 Å². The van der Waals surface area contributed by atoms with E-state index in [1.165, 1.54) is 11.1 Å². The second-order valence-electron chi connectivity index (χ2n) is 5.13. The van der Waals surface area contributed by atoms with Crippen molar-refractivity contribution >= 4 is 11.8 Å². The van der Waals surface area contributed by atoms with Crippen LogP contribution in [0.2, 0.25) is 0 Å². The number of methoxy groups -OCH3 is 1. The van der Waals surface area contributed by atoms with Crippen molar-refractivity contribution in [3.8, 4) is 5.75 Å². The monoisotopic (exact) mass is 297 g/mol. The molecule has 3 nitrogen and oxygen atoms in total. The summed E-state index contributed by atoms with van der Waals surface area (Å²) in [6, 6.07) is 6.39. The molecule has 0 aliphatic rings. The third-order valence-electron chi connectivity index (χ3n) is 3.07. The minimum atomic E-state index is 0.255. The molecular formula is C16H27NO2S. The van der Waals surface area contributed by atoms with E-state index < -0.39 is 0 Å². The molecule has 0 amide bonds. The molecule has 2 N–H and O–H groups in total. The van der Waals surface area contributed by atoms with E-state index in [0.717, 1.165) is 36.8 Å². The van der Waals surface area contributed by atoms with Crippen LogP contribution >= 0.6 is 11.8 Å². The molecular weight excluding hydrogens is 270 g/mol. The van der Waals surface area contributed by atoms with E-state index in [-0.39, 0.29) is 6.61 Å². The van der Waals surface area contributed by atoms with Crippen molar-refractivity contribution < 1.29 is 9.84 Å². The summed E-state index contributed by atoms with van der Waals surface area (Å²) in [5, 5.41) is 12.5. The van der Waals surface area contributed by atoms with Crippen LogP contribution in [0, 0.1) is 5.92 Å². The number of hydrogen-bond donors (Lipinski definition) is 2. The molecule has 114 valence electrons. The highest BCUT2D eigenvalue weighted by atomic mass is 32.2. The Morgan fingerprint density at radius 2 is 2.20 bits per heavy atom. The Bertz CT molecular complexity index is 385. The molecule has 20 heavy (non-hydrogen) atoms. The van der Waals surface area contributed by atoms with Crippen molar-refractivity contribution in [3.63, 3.8) is 0 Å². The number of thioether (sulfide) groups is 1. The lowest BCUT2D eigenvalue weighted by atomic mass is 10.1. The molecule has 0 spiro atoms. The number of ether oxygens (including phenoxy) is 1.